The van der Waals surface area contributed by atoms with Gasteiger partial charge in [-0.2, -0.15) is 0 Å². The number of aliphatic hydroxyl groups is 1. The van der Waals surface area contributed by atoms with Crippen molar-refractivity contribution in [2.75, 3.05) is 56.6 Å². The first-order valence-corrected chi connectivity index (χ1v) is 11.9. The summed E-state index contributed by atoms with van der Waals surface area (Å²) in [5, 5.41) is 13.9. The molecule has 1 aliphatic heterocycles. The van der Waals surface area contributed by atoms with Gasteiger partial charge in [0.1, 0.15) is 11.6 Å². The van der Waals surface area contributed by atoms with Gasteiger partial charge in [0.15, 0.2) is 0 Å². The van der Waals surface area contributed by atoms with E-state index in [4.69, 9.17) is 4.74 Å². The number of piperazine rings is 1. The first-order valence-electron chi connectivity index (χ1n) is 11.9. The van der Waals surface area contributed by atoms with Crippen molar-refractivity contribution < 1.29 is 14.2 Å². The minimum absolute atomic E-state index is 0.200. The van der Waals surface area contributed by atoms with Crippen molar-refractivity contribution in [2.24, 2.45) is 0 Å². The van der Waals surface area contributed by atoms with Gasteiger partial charge in [-0.05, 0) is 72.5 Å². The summed E-state index contributed by atoms with van der Waals surface area (Å²) < 4.78 is 18.3. The standard InChI is InChI=1S/C28H34FN3O2/c1-21-17-27(34-2)11-12-28(21)30-19-26(33)20-31-13-15-32(16-14-31)25-9-5-23(6-10-25)18-22-3-7-24(29)8-4-22/h3-12,17,26,30,33H,13-16,18-20H2,1-2H3. The van der Waals surface area contributed by atoms with Crippen molar-refractivity contribution in [3.05, 3.63) is 89.2 Å². The largest absolute Gasteiger partial charge is 0.497 e. The van der Waals surface area contributed by atoms with E-state index >= 15 is 0 Å². The van der Waals surface area contributed by atoms with Crippen LogP contribution in [0.15, 0.2) is 66.7 Å². The first-order chi connectivity index (χ1) is 16.5. The van der Waals surface area contributed by atoms with Crippen molar-refractivity contribution in [3.63, 3.8) is 0 Å². The van der Waals surface area contributed by atoms with E-state index in [9.17, 15) is 9.50 Å². The summed E-state index contributed by atoms with van der Waals surface area (Å²) in [6, 6.07) is 21.3. The summed E-state index contributed by atoms with van der Waals surface area (Å²) in [5.74, 6) is 0.637. The Morgan fingerprint density at radius 2 is 1.59 bits per heavy atom. The Bertz CT molecular complexity index is 1050. The molecule has 2 N–H and O–H groups in total. The van der Waals surface area contributed by atoms with Crippen molar-refractivity contribution in [1.29, 1.82) is 0 Å². The number of aliphatic hydroxyl groups excluding tert-OH is 1. The molecule has 0 saturated carbocycles. The third-order valence-electron chi connectivity index (χ3n) is 6.43. The number of rotatable bonds is 9. The van der Waals surface area contributed by atoms with Gasteiger partial charge < -0.3 is 20.1 Å². The molecule has 1 heterocycles. The van der Waals surface area contributed by atoms with Crippen LogP contribution in [0.2, 0.25) is 0 Å². The van der Waals surface area contributed by atoms with Crippen molar-refractivity contribution in [2.45, 2.75) is 19.4 Å². The van der Waals surface area contributed by atoms with E-state index in [2.05, 4.69) is 39.4 Å². The minimum Gasteiger partial charge on any atom is -0.497 e. The number of methoxy groups -OCH3 is 1. The smallest absolute Gasteiger partial charge is 0.123 e. The van der Waals surface area contributed by atoms with Gasteiger partial charge in [-0.15, -0.1) is 0 Å². The number of nitrogens with zero attached hydrogens (tertiary/aromatic N) is 2. The van der Waals surface area contributed by atoms with Gasteiger partial charge in [0.2, 0.25) is 0 Å². The third kappa shape index (κ3) is 6.49. The Kier molecular flexibility index (Phi) is 8.03. The molecule has 3 aromatic rings. The van der Waals surface area contributed by atoms with E-state index in [1.807, 2.05) is 37.3 Å². The first kappa shape index (κ1) is 24.0. The molecule has 1 fully saturated rings. The van der Waals surface area contributed by atoms with Crippen LogP contribution in [-0.2, 0) is 6.42 Å². The van der Waals surface area contributed by atoms with Gasteiger partial charge in [-0.3, -0.25) is 4.90 Å². The lowest BCUT2D eigenvalue weighted by atomic mass is 10.0. The number of ether oxygens (including phenoxy) is 1. The van der Waals surface area contributed by atoms with Crippen LogP contribution in [0.4, 0.5) is 15.8 Å². The monoisotopic (exact) mass is 463 g/mol. The fourth-order valence-electron chi connectivity index (χ4n) is 4.40. The van der Waals surface area contributed by atoms with E-state index in [0.717, 1.165) is 55.2 Å². The molecule has 1 saturated heterocycles. The number of aryl methyl sites for hydroxylation is 1. The maximum Gasteiger partial charge on any atom is 0.123 e. The molecular formula is C28H34FN3O2. The lowest BCUT2D eigenvalue weighted by molar-refractivity contribution is 0.118. The normalized spacial score (nSPS) is 15.2. The van der Waals surface area contributed by atoms with Gasteiger partial charge >= 0.3 is 0 Å². The molecule has 4 rings (SSSR count). The Hall–Kier alpha value is -3.09. The van der Waals surface area contributed by atoms with E-state index in [0.29, 0.717) is 13.1 Å². The second-order valence-electron chi connectivity index (χ2n) is 8.97. The Morgan fingerprint density at radius 3 is 2.21 bits per heavy atom. The molecule has 180 valence electrons. The molecule has 1 aliphatic rings. The number of β-amino-alcohol motifs (C(OH)–C–C–N with tert-alkyl or cyclic N) is 1. The molecule has 1 atom stereocenters. The van der Waals surface area contributed by atoms with Crippen LogP contribution < -0.4 is 15.0 Å². The van der Waals surface area contributed by atoms with Crippen molar-refractivity contribution in [1.82, 2.24) is 4.90 Å². The topological polar surface area (TPSA) is 48.0 Å². The average molecular weight is 464 g/mol. The summed E-state index contributed by atoms with van der Waals surface area (Å²) in [5.41, 5.74) is 5.67. The van der Waals surface area contributed by atoms with Gasteiger partial charge in [-0.1, -0.05) is 24.3 Å². The maximum absolute atomic E-state index is 13.1. The predicted octanol–water partition coefficient (Wildman–Crippen LogP) is 4.33. The summed E-state index contributed by atoms with van der Waals surface area (Å²) in [6.45, 7) is 6.94. The van der Waals surface area contributed by atoms with Gasteiger partial charge in [0.25, 0.3) is 0 Å². The lowest BCUT2D eigenvalue weighted by Gasteiger charge is -2.37. The van der Waals surface area contributed by atoms with Gasteiger partial charge in [-0.25, -0.2) is 4.39 Å². The molecule has 6 heteroatoms. The van der Waals surface area contributed by atoms with Crippen LogP contribution in [0.3, 0.4) is 0 Å². The minimum atomic E-state index is -0.432. The van der Waals surface area contributed by atoms with Crippen LogP contribution in [0.25, 0.3) is 0 Å². The number of benzene rings is 3. The molecule has 0 aromatic heterocycles. The molecule has 0 spiro atoms. The number of halogens is 1. The molecule has 0 aliphatic carbocycles. The number of hydrogen-bond donors (Lipinski definition) is 2. The quantitative estimate of drug-likeness (QED) is 0.495. The summed E-state index contributed by atoms with van der Waals surface area (Å²) in [7, 11) is 1.66. The highest BCUT2D eigenvalue weighted by atomic mass is 19.1. The zero-order valence-electron chi connectivity index (χ0n) is 20.0. The second-order valence-corrected chi connectivity index (χ2v) is 8.97. The van der Waals surface area contributed by atoms with Crippen LogP contribution in [-0.4, -0.2) is 62.5 Å². The van der Waals surface area contributed by atoms with Crippen LogP contribution in [0.1, 0.15) is 16.7 Å². The summed E-state index contributed by atoms with van der Waals surface area (Å²) in [6.07, 6.45) is 0.370. The van der Waals surface area contributed by atoms with Crippen LogP contribution in [0.5, 0.6) is 5.75 Å². The van der Waals surface area contributed by atoms with Crippen LogP contribution >= 0.6 is 0 Å². The zero-order chi connectivity index (χ0) is 23.9. The van der Waals surface area contributed by atoms with E-state index in [1.54, 1.807) is 7.11 Å². The molecule has 0 amide bonds. The summed E-state index contributed by atoms with van der Waals surface area (Å²) >= 11 is 0. The molecule has 0 bridgehead atoms. The maximum atomic E-state index is 13.1. The highest BCUT2D eigenvalue weighted by Gasteiger charge is 2.19. The van der Waals surface area contributed by atoms with Crippen molar-refractivity contribution >= 4 is 11.4 Å². The Morgan fingerprint density at radius 1 is 0.941 bits per heavy atom. The van der Waals surface area contributed by atoms with E-state index in [1.165, 1.54) is 23.4 Å². The molecule has 34 heavy (non-hydrogen) atoms. The van der Waals surface area contributed by atoms with Gasteiger partial charge in [0.05, 0.1) is 13.2 Å². The molecule has 3 aromatic carbocycles. The lowest BCUT2D eigenvalue weighted by Crippen LogP contribution is -2.49. The highest BCUT2D eigenvalue weighted by Crippen LogP contribution is 2.22. The average Bonchev–Trinajstić information content (AvgIpc) is 2.85. The highest BCUT2D eigenvalue weighted by molar-refractivity contribution is 5.53. The van der Waals surface area contributed by atoms with Crippen molar-refractivity contribution in [3.8, 4) is 5.75 Å². The third-order valence-corrected chi connectivity index (χ3v) is 6.43. The second kappa shape index (κ2) is 11.4. The molecule has 1 unspecified atom stereocenters. The Labute approximate surface area is 201 Å². The SMILES string of the molecule is COc1ccc(NCC(O)CN2CCN(c3ccc(Cc4ccc(F)cc4)cc3)CC2)c(C)c1. The fraction of sp³-hybridized carbons (Fsp3) is 0.357. The molecule has 5 nitrogen and oxygen atoms in total. The van der Waals surface area contributed by atoms with Crippen LogP contribution in [0, 0.1) is 12.7 Å². The van der Waals surface area contributed by atoms with E-state index < -0.39 is 6.10 Å². The number of anilines is 2. The van der Waals surface area contributed by atoms with E-state index in [-0.39, 0.29) is 5.82 Å². The number of nitrogens with one attached hydrogen (secondary N) is 1. The Balaban J connectivity index is 1.21. The predicted molar refractivity (Wildman–Crippen MR) is 137 cm³/mol. The van der Waals surface area contributed by atoms with Gasteiger partial charge in [0, 0.05) is 50.6 Å². The molecular weight excluding hydrogens is 429 g/mol. The number of hydrogen-bond acceptors (Lipinski definition) is 5. The summed E-state index contributed by atoms with van der Waals surface area (Å²) in [4.78, 5) is 4.72. The molecule has 0 radical (unpaired) electrons. The fourth-order valence-corrected chi connectivity index (χ4v) is 4.40. The zero-order valence-corrected chi connectivity index (χ0v) is 20.0.